The number of benzene rings is 2. The van der Waals surface area contributed by atoms with E-state index in [1.54, 1.807) is 6.07 Å². The number of furan rings is 1. The number of rotatable bonds is 6. The first-order valence-corrected chi connectivity index (χ1v) is 7.65. The van der Waals surface area contributed by atoms with Gasteiger partial charge < -0.3 is 14.8 Å². The predicted octanol–water partition coefficient (Wildman–Crippen LogP) is 3.11. The van der Waals surface area contributed by atoms with Gasteiger partial charge in [0.15, 0.2) is 5.76 Å². The third kappa shape index (κ3) is 3.63. The predicted molar refractivity (Wildman–Crippen MR) is 89.8 cm³/mol. The minimum atomic E-state index is -0.942. The second-order valence-corrected chi connectivity index (χ2v) is 5.61. The van der Waals surface area contributed by atoms with Gasteiger partial charge in [-0.05, 0) is 34.9 Å². The normalized spacial score (nSPS) is 12.0. The number of carbonyl (C=O) groups excluding carboxylic acids is 1. The Hall–Kier alpha value is -3.08. The van der Waals surface area contributed by atoms with Crippen LogP contribution in [0.3, 0.4) is 0 Å². The van der Waals surface area contributed by atoms with E-state index in [0.29, 0.717) is 6.42 Å². The molecule has 0 aliphatic heterocycles. The van der Waals surface area contributed by atoms with Crippen LogP contribution in [0.4, 0.5) is 0 Å². The van der Waals surface area contributed by atoms with E-state index < -0.39 is 17.8 Å². The third-order valence-electron chi connectivity index (χ3n) is 3.90. The standard InChI is InChI=1S/C19H17NO4/c21-18(17-6-3-9-24-17)20-12-16(19(22)23)11-13-7-8-14-4-1-2-5-15(14)10-13/h1-10,16H,11-12H2,(H,20,21)(H,22,23)/t16-/m0/s1. The van der Waals surface area contributed by atoms with Gasteiger partial charge in [0.2, 0.25) is 0 Å². The molecule has 1 atom stereocenters. The second kappa shape index (κ2) is 7.00. The van der Waals surface area contributed by atoms with Crippen molar-refractivity contribution in [3.63, 3.8) is 0 Å². The van der Waals surface area contributed by atoms with E-state index in [1.807, 2.05) is 42.5 Å². The van der Waals surface area contributed by atoms with E-state index in [1.165, 1.54) is 12.3 Å². The maximum absolute atomic E-state index is 11.9. The minimum absolute atomic E-state index is 0.0433. The summed E-state index contributed by atoms with van der Waals surface area (Å²) in [6.45, 7) is 0.0433. The number of carbonyl (C=O) groups is 2. The first kappa shape index (κ1) is 15.8. The highest BCUT2D eigenvalue weighted by Gasteiger charge is 2.20. The van der Waals surface area contributed by atoms with Gasteiger partial charge in [0.1, 0.15) is 0 Å². The lowest BCUT2D eigenvalue weighted by atomic mass is 9.97. The van der Waals surface area contributed by atoms with Crippen LogP contribution in [-0.2, 0) is 11.2 Å². The number of carboxylic acids is 1. The van der Waals surface area contributed by atoms with Gasteiger partial charge in [-0.3, -0.25) is 9.59 Å². The van der Waals surface area contributed by atoms with Gasteiger partial charge in [-0.15, -0.1) is 0 Å². The molecular weight excluding hydrogens is 306 g/mol. The minimum Gasteiger partial charge on any atom is -0.481 e. The van der Waals surface area contributed by atoms with Crippen molar-refractivity contribution in [3.05, 3.63) is 72.2 Å². The molecule has 3 aromatic rings. The maximum Gasteiger partial charge on any atom is 0.308 e. The molecule has 0 radical (unpaired) electrons. The molecule has 24 heavy (non-hydrogen) atoms. The van der Waals surface area contributed by atoms with E-state index in [2.05, 4.69) is 5.32 Å². The average Bonchev–Trinajstić information content (AvgIpc) is 3.12. The quantitative estimate of drug-likeness (QED) is 0.730. The van der Waals surface area contributed by atoms with E-state index in [4.69, 9.17) is 4.42 Å². The Kier molecular flexibility index (Phi) is 4.61. The summed E-state index contributed by atoms with van der Waals surface area (Å²) in [5, 5.41) is 14.2. The van der Waals surface area contributed by atoms with Gasteiger partial charge in [-0.2, -0.15) is 0 Å². The Labute approximate surface area is 138 Å². The monoisotopic (exact) mass is 323 g/mol. The fourth-order valence-electron chi connectivity index (χ4n) is 2.61. The largest absolute Gasteiger partial charge is 0.481 e. The van der Waals surface area contributed by atoms with Crippen molar-refractivity contribution in [2.24, 2.45) is 5.92 Å². The average molecular weight is 323 g/mol. The first-order valence-electron chi connectivity index (χ1n) is 7.65. The molecule has 0 spiro atoms. The van der Waals surface area contributed by atoms with Crippen LogP contribution in [0.5, 0.6) is 0 Å². The summed E-state index contributed by atoms with van der Waals surface area (Å²) in [5.74, 6) is -1.89. The van der Waals surface area contributed by atoms with E-state index >= 15 is 0 Å². The number of aliphatic carboxylic acids is 1. The molecule has 5 heteroatoms. The molecule has 2 N–H and O–H groups in total. The molecule has 0 saturated carbocycles. The van der Waals surface area contributed by atoms with Crippen molar-refractivity contribution in [1.82, 2.24) is 5.32 Å². The van der Waals surface area contributed by atoms with Crippen LogP contribution in [-0.4, -0.2) is 23.5 Å². The highest BCUT2D eigenvalue weighted by Crippen LogP contribution is 2.18. The van der Waals surface area contributed by atoms with Crippen molar-refractivity contribution >= 4 is 22.6 Å². The fourth-order valence-corrected chi connectivity index (χ4v) is 2.61. The lowest BCUT2D eigenvalue weighted by Crippen LogP contribution is -2.33. The molecule has 0 bridgehead atoms. The molecule has 0 unspecified atom stereocenters. The number of hydrogen-bond donors (Lipinski definition) is 2. The van der Waals surface area contributed by atoms with Crippen LogP contribution in [0.15, 0.2) is 65.3 Å². The van der Waals surface area contributed by atoms with E-state index in [9.17, 15) is 14.7 Å². The Morgan fingerprint density at radius 2 is 1.83 bits per heavy atom. The summed E-state index contributed by atoms with van der Waals surface area (Å²) in [6.07, 6.45) is 1.75. The van der Waals surface area contributed by atoms with Crippen LogP contribution in [0.1, 0.15) is 16.1 Å². The topological polar surface area (TPSA) is 79.5 Å². The molecule has 0 aliphatic carbocycles. The van der Waals surface area contributed by atoms with Crippen molar-refractivity contribution in [1.29, 1.82) is 0 Å². The molecule has 0 aliphatic rings. The van der Waals surface area contributed by atoms with Crippen LogP contribution in [0, 0.1) is 5.92 Å². The molecule has 5 nitrogen and oxygen atoms in total. The summed E-state index contributed by atoms with van der Waals surface area (Å²) >= 11 is 0. The van der Waals surface area contributed by atoms with Crippen molar-refractivity contribution < 1.29 is 19.1 Å². The van der Waals surface area contributed by atoms with Crippen LogP contribution in [0.25, 0.3) is 10.8 Å². The van der Waals surface area contributed by atoms with Crippen LogP contribution < -0.4 is 5.32 Å². The molecular formula is C19H17NO4. The summed E-state index contributed by atoms with van der Waals surface area (Å²) in [4.78, 5) is 23.4. The first-order chi connectivity index (χ1) is 11.6. The number of hydrogen-bond acceptors (Lipinski definition) is 3. The lowest BCUT2D eigenvalue weighted by Gasteiger charge is -2.13. The Bertz CT molecular complexity index is 855. The van der Waals surface area contributed by atoms with Gasteiger partial charge in [0.25, 0.3) is 5.91 Å². The lowest BCUT2D eigenvalue weighted by molar-refractivity contribution is -0.141. The Morgan fingerprint density at radius 1 is 1.04 bits per heavy atom. The van der Waals surface area contributed by atoms with Crippen molar-refractivity contribution in [3.8, 4) is 0 Å². The van der Waals surface area contributed by atoms with Crippen molar-refractivity contribution in [2.75, 3.05) is 6.54 Å². The molecule has 1 aromatic heterocycles. The van der Waals surface area contributed by atoms with E-state index in [-0.39, 0.29) is 12.3 Å². The van der Waals surface area contributed by atoms with Gasteiger partial charge >= 0.3 is 5.97 Å². The van der Waals surface area contributed by atoms with Gasteiger partial charge in [-0.25, -0.2) is 0 Å². The summed E-state index contributed by atoms with van der Waals surface area (Å²) in [7, 11) is 0. The highest BCUT2D eigenvalue weighted by molar-refractivity contribution is 5.91. The van der Waals surface area contributed by atoms with Gasteiger partial charge in [0, 0.05) is 6.54 Å². The SMILES string of the molecule is O=C(NC[C@H](Cc1ccc2ccccc2c1)C(=O)O)c1ccco1. The van der Waals surface area contributed by atoms with Crippen LogP contribution >= 0.6 is 0 Å². The molecule has 3 rings (SSSR count). The molecule has 2 aromatic carbocycles. The van der Waals surface area contributed by atoms with Crippen LogP contribution in [0.2, 0.25) is 0 Å². The number of fused-ring (bicyclic) bond motifs is 1. The zero-order valence-corrected chi connectivity index (χ0v) is 12.9. The van der Waals surface area contributed by atoms with E-state index in [0.717, 1.165) is 16.3 Å². The number of amides is 1. The molecule has 1 heterocycles. The summed E-state index contributed by atoms with van der Waals surface area (Å²) in [6, 6.07) is 17.0. The number of nitrogens with one attached hydrogen (secondary N) is 1. The maximum atomic E-state index is 11.9. The Balaban J connectivity index is 1.68. The summed E-state index contributed by atoms with van der Waals surface area (Å²) < 4.78 is 5.00. The molecule has 0 saturated heterocycles. The second-order valence-electron chi connectivity index (χ2n) is 5.61. The smallest absolute Gasteiger partial charge is 0.308 e. The molecule has 1 amide bonds. The zero-order chi connectivity index (χ0) is 16.9. The van der Waals surface area contributed by atoms with Gasteiger partial charge in [0.05, 0.1) is 12.2 Å². The Morgan fingerprint density at radius 3 is 2.54 bits per heavy atom. The number of carboxylic acid groups (broad SMARTS) is 1. The van der Waals surface area contributed by atoms with Gasteiger partial charge in [-0.1, -0.05) is 42.5 Å². The molecule has 0 fully saturated rings. The third-order valence-corrected chi connectivity index (χ3v) is 3.90. The molecule has 122 valence electrons. The zero-order valence-electron chi connectivity index (χ0n) is 12.9. The van der Waals surface area contributed by atoms with Crippen molar-refractivity contribution in [2.45, 2.75) is 6.42 Å². The highest BCUT2D eigenvalue weighted by atomic mass is 16.4. The summed E-state index contributed by atoms with van der Waals surface area (Å²) in [5.41, 5.74) is 0.924. The fraction of sp³-hybridized carbons (Fsp3) is 0.158.